The van der Waals surface area contributed by atoms with Crippen molar-refractivity contribution in [3.63, 3.8) is 0 Å². The smallest absolute Gasteiger partial charge is 0.143 e. The van der Waals surface area contributed by atoms with Gasteiger partial charge in [0.05, 0.1) is 17.8 Å². The van der Waals surface area contributed by atoms with Gasteiger partial charge in [0, 0.05) is 40.1 Å². The Labute approximate surface area is 176 Å². The van der Waals surface area contributed by atoms with Crippen LogP contribution in [0.5, 0.6) is 0 Å². The van der Waals surface area contributed by atoms with E-state index >= 15 is 0 Å². The Morgan fingerprint density at radius 1 is 1.00 bits per heavy atom. The number of aromatic amines is 1. The molecular weight excluding hydrogens is 372 g/mol. The van der Waals surface area contributed by atoms with Crippen molar-refractivity contribution in [3.05, 3.63) is 71.6 Å². The molecule has 0 unspecified atom stereocenters. The number of aryl methyl sites for hydroxylation is 2. The predicted molar refractivity (Wildman–Crippen MR) is 118 cm³/mol. The molecule has 0 amide bonds. The van der Waals surface area contributed by atoms with E-state index in [0.717, 1.165) is 71.8 Å². The van der Waals surface area contributed by atoms with Crippen molar-refractivity contribution in [2.75, 3.05) is 13.1 Å². The maximum absolute atomic E-state index is 4.78. The van der Waals surface area contributed by atoms with Crippen LogP contribution in [0, 0.1) is 13.8 Å². The average Bonchev–Trinajstić information content (AvgIpc) is 3.25. The maximum atomic E-state index is 4.78. The molecule has 3 aromatic heterocycles. The Morgan fingerprint density at radius 2 is 1.83 bits per heavy atom. The second-order valence-corrected chi connectivity index (χ2v) is 8.14. The zero-order chi connectivity index (χ0) is 20.5. The van der Waals surface area contributed by atoms with Crippen LogP contribution in [0.2, 0.25) is 0 Å². The molecule has 0 spiro atoms. The minimum atomic E-state index is 0.513. The lowest BCUT2D eigenvalue weighted by atomic mass is 9.93. The largest absolute Gasteiger partial charge is 0.296 e. The first-order chi connectivity index (χ1) is 14.7. The maximum Gasteiger partial charge on any atom is 0.143 e. The third-order valence-corrected chi connectivity index (χ3v) is 6.11. The number of nitrogens with zero attached hydrogens (tertiary/aromatic N) is 5. The molecule has 30 heavy (non-hydrogen) atoms. The van der Waals surface area contributed by atoms with E-state index in [9.17, 15) is 0 Å². The molecule has 6 nitrogen and oxygen atoms in total. The van der Waals surface area contributed by atoms with E-state index in [1.165, 1.54) is 5.69 Å². The van der Waals surface area contributed by atoms with Crippen LogP contribution in [0.15, 0.2) is 48.7 Å². The van der Waals surface area contributed by atoms with Crippen molar-refractivity contribution in [2.45, 2.75) is 39.2 Å². The number of benzene rings is 1. The Kier molecular flexibility index (Phi) is 5.01. The zero-order valence-electron chi connectivity index (χ0n) is 17.5. The fourth-order valence-electron chi connectivity index (χ4n) is 4.41. The predicted octanol–water partition coefficient (Wildman–Crippen LogP) is 4.41. The van der Waals surface area contributed by atoms with Gasteiger partial charge in [0.15, 0.2) is 0 Å². The molecule has 4 heterocycles. The van der Waals surface area contributed by atoms with E-state index in [2.05, 4.69) is 51.3 Å². The van der Waals surface area contributed by atoms with Crippen LogP contribution in [-0.4, -0.2) is 43.1 Å². The Balaban J connectivity index is 1.25. The van der Waals surface area contributed by atoms with Gasteiger partial charge < -0.3 is 0 Å². The molecule has 1 N–H and O–H groups in total. The molecule has 0 radical (unpaired) electrons. The standard InChI is InChI=1S/C24H26N6/c1-16-19(7-5-11-25-16)23-14-22(28-29-23)18-9-12-30(13-10-18)15-24-26-17(2)20-6-3-4-8-21(20)27-24/h3-8,11,14,18H,9-10,12-13,15H2,1-2H3,(H,28,29). The second-order valence-electron chi connectivity index (χ2n) is 8.14. The van der Waals surface area contributed by atoms with Crippen LogP contribution in [0.1, 0.15) is 41.7 Å². The molecule has 4 aromatic rings. The van der Waals surface area contributed by atoms with Gasteiger partial charge in [-0.1, -0.05) is 18.2 Å². The summed E-state index contributed by atoms with van der Waals surface area (Å²) >= 11 is 0. The summed E-state index contributed by atoms with van der Waals surface area (Å²) in [5, 5.41) is 8.96. The third-order valence-electron chi connectivity index (χ3n) is 6.11. The van der Waals surface area contributed by atoms with Crippen molar-refractivity contribution in [1.29, 1.82) is 0 Å². The van der Waals surface area contributed by atoms with Gasteiger partial charge in [-0.25, -0.2) is 9.97 Å². The van der Waals surface area contributed by atoms with Gasteiger partial charge in [-0.3, -0.25) is 15.0 Å². The van der Waals surface area contributed by atoms with Crippen molar-refractivity contribution >= 4 is 10.9 Å². The first-order valence-corrected chi connectivity index (χ1v) is 10.6. The number of H-pyrrole nitrogens is 1. The highest BCUT2D eigenvalue weighted by molar-refractivity contribution is 5.80. The Bertz CT molecular complexity index is 1170. The summed E-state index contributed by atoms with van der Waals surface area (Å²) in [4.78, 5) is 16.4. The highest BCUT2D eigenvalue weighted by Crippen LogP contribution is 2.30. The fourth-order valence-corrected chi connectivity index (χ4v) is 4.41. The van der Waals surface area contributed by atoms with Crippen LogP contribution in [-0.2, 0) is 6.54 Å². The highest BCUT2D eigenvalue weighted by Gasteiger charge is 2.23. The molecular formula is C24H26N6. The number of nitrogens with one attached hydrogen (secondary N) is 1. The van der Waals surface area contributed by atoms with Gasteiger partial charge in [-0.2, -0.15) is 5.10 Å². The molecule has 1 aromatic carbocycles. The number of likely N-dealkylation sites (tertiary alicyclic amines) is 1. The molecule has 0 aliphatic carbocycles. The van der Waals surface area contributed by atoms with Gasteiger partial charge in [0.1, 0.15) is 5.82 Å². The fraction of sp³-hybridized carbons (Fsp3) is 0.333. The van der Waals surface area contributed by atoms with E-state index < -0.39 is 0 Å². The van der Waals surface area contributed by atoms with Gasteiger partial charge >= 0.3 is 0 Å². The number of aromatic nitrogens is 5. The van der Waals surface area contributed by atoms with Crippen LogP contribution >= 0.6 is 0 Å². The number of pyridine rings is 1. The van der Waals surface area contributed by atoms with Crippen molar-refractivity contribution in [1.82, 2.24) is 30.0 Å². The minimum absolute atomic E-state index is 0.513. The van der Waals surface area contributed by atoms with E-state index in [-0.39, 0.29) is 0 Å². The van der Waals surface area contributed by atoms with Gasteiger partial charge in [-0.15, -0.1) is 0 Å². The molecule has 6 heteroatoms. The number of para-hydroxylation sites is 1. The minimum Gasteiger partial charge on any atom is -0.296 e. The average molecular weight is 399 g/mol. The summed E-state index contributed by atoms with van der Waals surface area (Å²) in [7, 11) is 0. The topological polar surface area (TPSA) is 70.6 Å². The van der Waals surface area contributed by atoms with Crippen LogP contribution in [0.4, 0.5) is 0 Å². The summed E-state index contributed by atoms with van der Waals surface area (Å²) in [5.41, 5.74) is 6.41. The van der Waals surface area contributed by atoms with Crippen molar-refractivity contribution in [3.8, 4) is 11.3 Å². The number of hydrogen-bond donors (Lipinski definition) is 1. The van der Waals surface area contributed by atoms with Crippen molar-refractivity contribution < 1.29 is 0 Å². The number of fused-ring (bicyclic) bond motifs is 1. The van der Waals surface area contributed by atoms with Gasteiger partial charge in [-0.05, 0) is 64.0 Å². The van der Waals surface area contributed by atoms with Crippen LogP contribution < -0.4 is 0 Å². The summed E-state index contributed by atoms with van der Waals surface area (Å²) in [6.45, 7) is 6.99. The molecule has 1 aliphatic rings. The van der Waals surface area contributed by atoms with E-state index in [1.54, 1.807) is 0 Å². The number of rotatable bonds is 4. The number of piperidine rings is 1. The first-order valence-electron chi connectivity index (χ1n) is 10.6. The summed E-state index contributed by atoms with van der Waals surface area (Å²) < 4.78 is 0. The lowest BCUT2D eigenvalue weighted by molar-refractivity contribution is 0.199. The van der Waals surface area contributed by atoms with Crippen LogP contribution in [0.3, 0.4) is 0 Å². The third kappa shape index (κ3) is 3.71. The molecule has 1 saturated heterocycles. The van der Waals surface area contributed by atoms with Gasteiger partial charge in [0.25, 0.3) is 0 Å². The summed E-state index contributed by atoms with van der Waals surface area (Å²) in [6, 6.07) is 14.5. The Morgan fingerprint density at radius 3 is 2.67 bits per heavy atom. The van der Waals surface area contributed by atoms with Crippen LogP contribution in [0.25, 0.3) is 22.2 Å². The van der Waals surface area contributed by atoms with E-state index in [1.807, 2.05) is 31.3 Å². The molecule has 1 aliphatic heterocycles. The number of hydrogen-bond acceptors (Lipinski definition) is 5. The monoisotopic (exact) mass is 398 g/mol. The zero-order valence-corrected chi connectivity index (χ0v) is 17.5. The van der Waals surface area contributed by atoms with E-state index in [4.69, 9.17) is 9.97 Å². The molecule has 0 atom stereocenters. The lowest BCUT2D eigenvalue weighted by Crippen LogP contribution is -2.33. The Hall–Kier alpha value is -3.12. The normalized spacial score (nSPS) is 15.7. The summed E-state index contributed by atoms with van der Waals surface area (Å²) in [5.74, 6) is 1.43. The second kappa shape index (κ2) is 7.95. The molecule has 5 rings (SSSR count). The first kappa shape index (κ1) is 18.9. The molecule has 152 valence electrons. The quantitative estimate of drug-likeness (QED) is 0.551. The van der Waals surface area contributed by atoms with Crippen molar-refractivity contribution in [2.24, 2.45) is 0 Å². The summed E-state index contributed by atoms with van der Waals surface area (Å²) in [6.07, 6.45) is 4.04. The highest BCUT2D eigenvalue weighted by atomic mass is 15.2. The molecule has 0 bridgehead atoms. The van der Waals surface area contributed by atoms with E-state index in [0.29, 0.717) is 5.92 Å². The lowest BCUT2D eigenvalue weighted by Gasteiger charge is -2.30. The molecule has 0 saturated carbocycles. The SMILES string of the molecule is Cc1ncccc1-c1cc(C2CCN(Cc3nc(C)c4ccccc4n3)CC2)[nH]n1. The van der Waals surface area contributed by atoms with Gasteiger partial charge in [0.2, 0.25) is 0 Å². The molecule has 1 fully saturated rings.